The number of benzene rings is 2. The molecule has 0 bridgehead atoms. The summed E-state index contributed by atoms with van der Waals surface area (Å²) in [5.41, 5.74) is 0.777. The van der Waals surface area contributed by atoms with Gasteiger partial charge in [-0.1, -0.05) is 6.07 Å². The number of carbonyl (C=O) groups excluding carboxylic acids is 3. The molecule has 1 saturated heterocycles. The summed E-state index contributed by atoms with van der Waals surface area (Å²) in [5, 5.41) is 1.91. The van der Waals surface area contributed by atoms with Crippen LogP contribution in [0.1, 0.15) is 28.6 Å². The zero-order chi connectivity index (χ0) is 24.9. The fraction of sp³-hybridized carbons (Fsp3) is 0.269. The summed E-state index contributed by atoms with van der Waals surface area (Å²) in [6.07, 6.45) is -0.101. The Morgan fingerprint density at radius 3 is 2.43 bits per heavy atom. The van der Waals surface area contributed by atoms with Crippen LogP contribution in [0.15, 0.2) is 60.0 Å². The zero-order valence-corrected chi connectivity index (χ0v) is 20.5. The zero-order valence-electron chi connectivity index (χ0n) is 19.7. The van der Waals surface area contributed by atoms with Gasteiger partial charge in [-0.2, -0.15) is 0 Å². The number of amides is 3. The van der Waals surface area contributed by atoms with Crippen LogP contribution in [0.2, 0.25) is 0 Å². The molecule has 0 N–H and O–H groups in total. The number of ether oxygens (including phenoxy) is 3. The number of nitrogens with zero attached hydrogens (tertiary/aromatic N) is 2. The summed E-state index contributed by atoms with van der Waals surface area (Å²) in [7, 11) is 3.00. The highest BCUT2D eigenvalue weighted by molar-refractivity contribution is 7.09. The van der Waals surface area contributed by atoms with Gasteiger partial charge in [-0.3, -0.25) is 14.4 Å². The molecule has 1 fully saturated rings. The lowest BCUT2D eigenvalue weighted by Crippen LogP contribution is -2.45. The second kappa shape index (κ2) is 10.6. The van der Waals surface area contributed by atoms with Gasteiger partial charge < -0.3 is 19.1 Å². The summed E-state index contributed by atoms with van der Waals surface area (Å²) in [4.78, 5) is 43.6. The number of rotatable bonds is 9. The summed E-state index contributed by atoms with van der Waals surface area (Å²) >= 11 is 1.48. The third kappa shape index (κ3) is 5.00. The van der Waals surface area contributed by atoms with Crippen molar-refractivity contribution in [3.05, 3.63) is 70.4 Å². The third-order valence-corrected chi connectivity index (χ3v) is 6.56. The molecular formula is C26H26N2O6S. The predicted molar refractivity (Wildman–Crippen MR) is 132 cm³/mol. The fourth-order valence-corrected chi connectivity index (χ4v) is 4.72. The lowest BCUT2D eigenvalue weighted by atomic mass is 10.1. The van der Waals surface area contributed by atoms with E-state index in [4.69, 9.17) is 14.2 Å². The summed E-state index contributed by atoms with van der Waals surface area (Å²) in [6.45, 7) is 2.59. The van der Waals surface area contributed by atoms with Crippen molar-refractivity contribution in [1.29, 1.82) is 0 Å². The lowest BCUT2D eigenvalue weighted by Gasteiger charge is -2.27. The van der Waals surface area contributed by atoms with Crippen LogP contribution >= 0.6 is 11.3 Å². The number of carbonyl (C=O) groups is 3. The van der Waals surface area contributed by atoms with Crippen molar-refractivity contribution in [3.8, 4) is 17.2 Å². The molecule has 4 rings (SSSR count). The minimum absolute atomic E-state index is 0.101. The summed E-state index contributed by atoms with van der Waals surface area (Å²) in [5.74, 6) is 0.362. The Morgan fingerprint density at radius 2 is 1.80 bits per heavy atom. The molecule has 1 unspecified atom stereocenters. The molecule has 3 amide bonds. The standard InChI is InChI=1S/C26H26N2O6S/c1-4-34-19-10-8-18(9-11-19)28-24(29)15-21(26(28)31)27(16-20-6-5-13-35-20)25(30)17-7-12-22(32-2)23(14-17)33-3/h5-14,21H,4,15-16H2,1-3H3. The maximum absolute atomic E-state index is 13.7. The van der Waals surface area contributed by atoms with E-state index >= 15 is 0 Å². The molecule has 3 aromatic rings. The van der Waals surface area contributed by atoms with Crippen LogP contribution in [-0.2, 0) is 16.1 Å². The molecule has 2 aromatic carbocycles. The van der Waals surface area contributed by atoms with E-state index in [9.17, 15) is 14.4 Å². The molecule has 182 valence electrons. The predicted octanol–water partition coefficient (Wildman–Crippen LogP) is 4.14. The molecule has 8 nitrogen and oxygen atoms in total. The Hall–Kier alpha value is -3.85. The highest BCUT2D eigenvalue weighted by atomic mass is 32.1. The van der Waals surface area contributed by atoms with Gasteiger partial charge in [0.1, 0.15) is 11.8 Å². The molecule has 0 saturated carbocycles. The molecule has 1 aliphatic heterocycles. The Kier molecular flexibility index (Phi) is 7.36. The molecule has 1 aromatic heterocycles. The Bertz CT molecular complexity index is 1210. The third-order valence-electron chi connectivity index (χ3n) is 5.70. The smallest absolute Gasteiger partial charge is 0.257 e. The van der Waals surface area contributed by atoms with Crippen LogP contribution in [0, 0.1) is 0 Å². The summed E-state index contributed by atoms with van der Waals surface area (Å²) in [6, 6.07) is 14.4. The van der Waals surface area contributed by atoms with E-state index in [1.54, 1.807) is 42.5 Å². The van der Waals surface area contributed by atoms with E-state index in [0.29, 0.717) is 35.1 Å². The van der Waals surface area contributed by atoms with E-state index in [1.165, 1.54) is 30.5 Å². The van der Waals surface area contributed by atoms with Gasteiger partial charge in [-0.15, -0.1) is 11.3 Å². The van der Waals surface area contributed by atoms with Gasteiger partial charge >= 0.3 is 0 Å². The van der Waals surface area contributed by atoms with Crippen molar-refractivity contribution >= 4 is 34.7 Å². The maximum atomic E-state index is 13.7. The second-order valence-corrected chi connectivity index (χ2v) is 8.83. The van der Waals surface area contributed by atoms with E-state index in [2.05, 4.69) is 0 Å². The first-order valence-corrected chi connectivity index (χ1v) is 12.0. The van der Waals surface area contributed by atoms with Crippen LogP contribution in [0.5, 0.6) is 17.2 Å². The van der Waals surface area contributed by atoms with Crippen LogP contribution in [0.3, 0.4) is 0 Å². The topological polar surface area (TPSA) is 85.4 Å². The molecule has 1 atom stereocenters. The first-order chi connectivity index (χ1) is 17.0. The van der Waals surface area contributed by atoms with Crippen molar-refractivity contribution in [2.75, 3.05) is 25.7 Å². The molecule has 0 spiro atoms. The minimum atomic E-state index is -0.934. The molecule has 35 heavy (non-hydrogen) atoms. The number of anilines is 1. The van der Waals surface area contributed by atoms with Crippen molar-refractivity contribution in [2.24, 2.45) is 0 Å². The van der Waals surface area contributed by atoms with E-state index in [1.807, 2.05) is 24.4 Å². The van der Waals surface area contributed by atoms with Gasteiger partial charge in [0.15, 0.2) is 11.5 Å². The van der Waals surface area contributed by atoms with Crippen LogP contribution in [0.4, 0.5) is 5.69 Å². The van der Waals surface area contributed by atoms with Crippen molar-refractivity contribution in [3.63, 3.8) is 0 Å². The number of hydrogen-bond donors (Lipinski definition) is 0. The quantitative estimate of drug-likeness (QED) is 0.416. The SMILES string of the molecule is CCOc1ccc(N2C(=O)CC(N(Cc3cccs3)C(=O)c3ccc(OC)c(OC)c3)C2=O)cc1. The van der Waals surface area contributed by atoms with Gasteiger partial charge in [0.05, 0.1) is 39.5 Å². The molecule has 2 heterocycles. The van der Waals surface area contributed by atoms with Crippen LogP contribution in [-0.4, -0.2) is 49.5 Å². The molecule has 1 aliphatic rings. The largest absolute Gasteiger partial charge is 0.494 e. The minimum Gasteiger partial charge on any atom is -0.494 e. The second-order valence-electron chi connectivity index (χ2n) is 7.80. The molecule has 0 aliphatic carbocycles. The average molecular weight is 495 g/mol. The highest BCUT2D eigenvalue weighted by Gasteiger charge is 2.44. The normalized spacial score (nSPS) is 15.3. The lowest BCUT2D eigenvalue weighted by molar-refractivity contribution is -0.122. The fourth-order valence-electron chi connectivity index (χ4n) is 4.02. The first-order valence-electron chi connectivity index (χ1n) is 11.1. The Labute approximate surface area is 207 Å². The van der Waals surface area contributed by atoms with Crippen molar-refractivity contribution < 1.29 is 28.6 Å². The number of methoxy groups -OCH3 is 2. The first kappa shape index (κ1) is 24.3. The Morgan fingerprint density at radius 1 is 1.06 bits per heavy atom. The van der Waals surface area contributed by atoms with Crippen LogP contribution in [0.25, 0.3) is 0 Å². The van der Waals surface area contributed by atoms with Crippen molar-refractivity contribution in [2.45, 2.75) is 25.9 Å². The van der Waals surface area contributed by atoms with E-state index < -0.39 is 11.9 Å². The monoisotopic (exact) mass is 494 g/mol. The average Bonchev–Trinajstić information content (AvgIpc) is 3.49. The number of hydrogen-bond acceptors (Lipinski definition) is 7. The van der Waals surface area contributed by atoms with Gasteiger partial charge in [-0.05, 0) is 60.8 Å². The molecule has 9 heteroatoms. The van der Waals surface area contributed by atoms with Crippen LogP contribution < -0.4 is 19.1 Å². The molecular weight excluding hydrogens is 468 g/mol. The van der Waals surface area contributed by atoms with Gasteiger partial charge in [0.25, 0.3) is 11.8 Å². The van der Waals surface area contributed by atoms with Gasteiger partial charge in [0.2, 0.25) is 5.91 Å². The number of thiophene rings is 1. The molecule has 0 radical (unpaired) electrons. The van der Waals surface area contributed by atoms with Crippen molar-refractivity contribution in [1.82, 2.24) is 4.90 Å². The summed E-state index contributed by atoms with van der Waals surface area (Å²) < 4.78 is 16.1. The Balaban J connectivity index is 1.65. The van der Waals surface area contributed by atoms with Gasteiger partial charge in [-0.25, -0.2) is 4.90 Å². The van der Waals surface area contributed by atoms with Gasteiger partial charge in [0, 0.05) is 10.4 Å². The number of imide groups is 1. The van der Waals surface area contributed by atoms with E-state index in [-0.39, 0.29) is 24.8 Å². The van der Waals surface area contributed by atoms with E-state index in [0.717, 1.165) is 9.78 Å². The highest BCUT2D eigenvalue weighted by Crippen LogP contribution is 2.32. The maximum Gasteiger partial charge on any atom is 0.257 e.